The molecule has 0 radical (unpaired) electrons. The highest BCUT2D eigenvalue weighted by Crippen LogP contribution is 2.24. The molecule has 0 saturated heterocycles. The summed E-state index contributed by atoms with van der Waals surface area (Å²) in [6.07, 6.45) is 3.62. The number of non-ortho nitro benzene ring substituents is 1. The van der Waals surface area contributed by atoms with Gasteiger partial charge in [0.15, 0.2) is 5.58 Å². The molecule has 7 heteroatoms. The molecule has 0 aliphatic rings. The van der Waals surface area contributed by atoms with E-state index in [-0.39, 0.29) is 5.69 Å². The fourth-order valence-corrected chi connectivity index (χ4v) is 3.02. The van der Waals surface area contributed by atoms with Gasteiger partial charge in [-0.15, -0.1) is 11.3 Å². The van der Waals surface area contributed by atoms with E-state index in [0.29, 0.717) is 17.0 Å². The van der Waals surface area contributed by atoms with Crippen LogP contribution in [0.1, 0.15) is 10.8 Å². The van der Waals surface area contributed by atoms with E-state index in [2.05, 4.69) is 20.9 Å². The molecule has 0 atom stereocenters. The normalized spacial score (nSPS) is 11.4. The maximum Gasteiger partial charge on any atom is 0.271 e. The van der Waals surface area contributed by atoms with Gasteiger partial charge in [0, 0.05) is 32.9 Å². The number of oxazole rings is 1. The van der Waals surface area contributed by atoms with Gasteiger partial charge in [-0.3, -0.25) is 10.1 Å². The Balaban J connectivity index is 1.92. The lowest BCUT2D eigenvalue weighted by atomic mass is 10.3. The van der Waals surface area contributed by atoms with Gasteiger partial charge < -0.3 is 4.42 Å². The van der Waals surface area contributed by atoms with Crippen molar-refractivity contribution < 1.29 is 9.34 Å². The topological polar surface area (TPSA) is 69.2 Å². The predicted molar refractivity (Wildman–Crippen MR) is 81.6 cm³/mol. The summed E-state index contributed by atoms with van der Waals surface area (Å²) in [6, 6.07) is 6.34. The molecule has 0 aliphatic carbocycles. The van der Waals surface area contributed by atoms with E-state index in [1.807, 2.05) is 17.5 Å². The number of hydrogen-bond donors (Lipinski definition) is 0. The average molecular weight is 351 g/mol. The zero-order valence-electron chi connectivity index (χ0n) is 9.95. The van der Waals surface area contributed by atoms with E-state index in [0.717, 1.165) is 9.35 Å². The molecule has 100 valence electrons. The van der Waals surface area contributed by atoms with E-state index < -0.39 is 4.92 Å². The van der Waals surface area contributed by atoms with Crippen LogP contribution in [-0.4, -0.2) is 9.91 Å². The van der Waals surface area contributed by atoms with Crippen LogP contribution in [0.25, 0.3) is 23.3 Å². The van der Waals surface area contributed by atoms with Gasteiger partial charge >= 0.3 is 0 Å². The third kappa shape index (κ3) is 2.63. The van der Waals surface area contributed by atoms with Crippen molar-refractivity contribution in [3.05, 3.63) is 55.0 Å². The van der Waals surface area contributed by atoms with Crippen molar-refractivity contribution in [3.8, 4) is 0 Å². The van der Waals surface area contributed by atoms with Crippen molar-refractivity contribution in [3.63, 3.8) is 0 Å². The maximum atomic E-state index is 10.7. The molecule has 0 N–H and O–H groups in total. The SMILES string of the molecule is O=[N+]([O-])c1ccc2oc(/C=C/c3cc(Br)cs3)nc2c1. The smallest absolute Gasteiger partial charge is 0.271 e. The van der Waals surface area contributed by atoms with Gasteiger partial charge in [-0.25, -0.2) is 4.98 Å². The summed E-state index contributed by atoms with van der Waals surface area (Å²) in [4.78, 5) is 15.5. The predicted octanol–water partition coefficient (Wildman–Crippen LogP) is 4.73. The van der Waals surface area contributed by atoms with Gasteiger partial charge in [-0.2, -0.15) is 0 Å². The van der Waals surface area contributed by atoms with Gasteiger partial charge in [0.05, 0.1) is 4.92 Å². The monoisotopic (exact) mass is 350 g/mol. The molecule has 0 unspecified atom stereocenters. The van der Waals surface area contributed by atoms with Crippen LogP contribution in [-0.2, 0) is 0 Å². The van der Waals surface area contributed by atoms with Crippen LogP contribution in [0.5, 0.6) is 0 Å². The van der Waals surface area contributed by atoms with Crippen molar-refractivity contribution >= 4 is 56.2 Å². The lowest BCUT2D eigenvalue weighted by molar-refractivity contribution is -0.384. The lowest BCUT2D eigenvalue weighted by Gasteiger charge is -1.88. The standard InChI is InChI=1S/C13H7BrN2O3S/c14-8-5-10(20-7-8)2-4-13-15-11-6-9(16(17)18)1-3-12(11)19-13/h1-7H/b4-2+. The minimum absolute atomic E-state index is 0.00326. The zero-order valence-corrected chi connectivity index (χ0v) is 12.3. The second-order valence-electron chi connectivity index (χ2n) is 3.96. The number of nitro groups is 1. The van der Waals surface area contributed by atoms with Crippen molar-refractivity contribution in [2.45, 2.75) is 0 Å². The molecule has 3 aromatic rings. The molecule has 3 rings (SSSR count). The minimum Gasteiger partial charge on any atom is -0.437 e. The van der Waals surface area contributed by atoms with E-state index in [1.54, 1.807) is 23.5 Å². The Morgan fingerprint density at radius 2 is 2.20 bits per heavy atom. The van der Waals surface area contributed by atoms with Gasteiger partial charge in [0.1, 0.15) is 5.52 Å². The summed E-state index contributed by atoms with van der Waals surface area (Å²) in [7, 11) is 0. The number of thiophene rings is 1. The number of nitro benzene ring substituents is 1. The van der Waals surface area contributed by atoms with Gasteiger partial charge in [-0.1, -0.05) is 0 Å². The Morgan fingerprint density at radius 3 is 2.90 bits per heavy atom. The summed E-state index contributed by atoms with van der Waals surface area (Å²) >= 11 is 4.97. The van der Waals surface area contributed by atoms with Crippen LogP contribution in [0, 0.1) is 10.1 Å². The highest BCUT2D eigenvalue weighted by atomic mass is 79.9. The first-order chi connectivity index (χ1) is 9.61. The Morgan fingerprint density at radius 1 is 1.35 bits per heavy atom. The minimum atomic E-state index is -0.452. The second-order valence-corrected chi connectivity index (χ2v) is 5.82. The zero-order chi connectivity index (χ0) is 14.1. The van der Waals surface area contributed by atoms with Crippen molar-refractivity contribution in [1.29, 1.82) is 0 Å². The fourth-order valence-electron chi connectivity index (χ4n) is 1.69. The largest absolute Gasteiger partial charge is 0.437 e. The molecule has 0 bridgehead atoms. The molecule has 0 saturated carbocycles. The Kier molecular flexibility index (Phi) is 3.37. The molecule has 5 nitrogen and oxygen atoms in total. The fraction of sp³-hybridized carbons (Fsp3) is 0. The number of fused-ring (bicyclic) bond motifs is 1. The number of nitrogens with zero attached hydrogens (tertiary/aromatic N) is 2. The lowest BCUT2D eigenvalue weighted by Crippen LogP contribution is -1.86. The van der Waals surface area contributed by atoms with Crippen LogP contribution in [0.4, 0.5) is 5.69 Å². The number of aromatic nitrogens is 1. The van der Waals surface area contributed by atoms with E-state index >= 15 is 0 Å². The molecular weight excluding hydrogens is 344 g/mol. The highest BCUT2D eigenvalue weighted by Gasteiger charge is 2.10. The quantitative estimate of drug-likeness (QED) is 0.505. The molecule has 20 heavy (non-hydrogen) atoms. The number of hydrogen-bond acceptors (Lipinski definition) is 5. The Hall–Kier alpha value is -1.99. The van der Waals surface area contributed by atoms with Crippen LogP contribution < -0.4 is 0 Å². The molecule has 0 fully saturated rings. The molecule has 0 spiro atoms. The van der Waals surface area contributed by atoms with Crippen molar-refractivity contribution in [1.82, 2.24) is 4.98 Å². The number of rotatable bonds is 3. The molecular formula is C13H7BrN2O3S. The third-order valence-electron chi connectivity index (χ3n) is 2.58. The summed E-state index contributed by atoms with van der Waals surface area (Å²) in [5.74, 6) is 0.421. The summed E-state index contributed by atoms with van der Waals surface area (Å²) in [6.45, 7) is 0. The van der Waals surface area contributed by atoms with Crippen LogP contribution in [0.2, 0.25) is 0 Å². The maximum absolute atomic E-state index is 10.7. The molecule has 0 amide bonds. The second kappa shape index (κ2) is 5.18. The van der Waals surface area contributed by atoms with Gasteiger partial charge in [0.25, 0.3) is 5.69 Å². The molecule has 2 aromatic heterocycles. The number of halogens is 1. The summed E-state index contributed by atoms with van der Waals surface area (Å²) in [5, 5.41) is 12.7. The van der Waals surface area contributed by atoms with Gasteiger partial charge in [0.2, 0.25) is 5.89 Å². The summed E-state index contributed by atoms with van der Waals surface area (Å²) in [5.41, 5.74) is 1.01. The van der Waals surface area contributed by atoms with Crippen molar-refractivity contribution in [2.75, 3.05) is 0 Å². The van der Waals surface area contributed by atoms with Gasteiger partial charge in [-0.05, 0) is 34.1 Å². The summed E-state index contributed by atoms with van der Waals surface area (Å²) < 4.78 is 6.53. The van der Waals surface area contributed by atoms with E-state index in [4.69, 9.17) is 4.42 Å². The first kappa shape index (κ1) is 13.0. The first-order valence-electron chi connectivity index (χ1n) is 5.59. The molecule has 1 aromatic carbocycles. The first-order valence-corrected chi connectivity index (χ1v) is 7.26. The van der Waals surface area contributed by atoms with E-state index in [1.165, 1.54) is 12.1 Å². The van der Waals surface area contributed by atoms with Crippen LogP contribution in [0.3, 0.4) is 0 Å². The van der Waals surface area contributed by atoms with Crippen molar-refractivity contribution in [2.24, 2.45) is 0 Å². The van der Waals surface area contributed by atoms with Crippen LogP contribution >= 0.6 is 27.3 Å². The van der Waals surface area contributed by atoms with Crippen LogP contribution in [0.15, 0.2) is 38.5 Å². The molecule has 2 heterocycles. The number of benzene rings is 1. The highest BCUT2D eigenvalue weighted by molar-refractivity contribution is 9.10. The third-order valence-corrected chi connectivity index (χ3v) is 4.24. The van der Waals surface area contributed by atoms with E-state index in [9.17, 15) is 10.1 Å². The molecule has 0 aliphatic heterocycles. The Labute approximate surface area is 125 Å². The average Bonchev–Trinajstić information content (AvgIpc) is 3.00. The Bertz CT molecular complexity index is 822.